The SMILES string of the molecule is C1=C\C(c2ccc3ccccc3n2)CCCc2ccccc2/1. The molecule has 22 heavy (non-hydrogen) atoms. The summed E-state index contributed by atoms with van der Waals surface area (Å²) in [7, 11) is 0. The Labute approximate surface area is 131 Å². The average Bonchev–Trinajstić information content (AvgIpc) is 2.55. The van der Waals surface area contributed by atoms with E-state index < -0.39 is 0 Å². The molecule has 0 spiro atoms. The summed E-state index contributed by atoms with van der Waals surface area (Å²) in [5, 5.41) is 1.21. The van der Waals surface area contributed by atoms with Crippen molar-refractivity contribution in [3.05, 3.63) is 83.6 Å². The van der Waals surface area contributed by atoms with Crippen LogP contribution in [0.3, 0.4) is 0 Å². The zero-order valence-electron chi connectivity index (χ0n) is 12.6. The third-order valence-corrected chi connectivity index (χ3v) is 4.52. The highest BCUT2D eigenvalue weighted by Crippen LogP contribution is 2.28. The highest BCUT2D eigenvalue weighted by atomic mass is 14.7. The van der Waals surface area contributed by atoms with Gasteiger partial charge in [0.15, 0.2) is 0 Å². The van der Waals surface area contributed by atoms with E-state index in [1.165, 1.54) is 28.6 Å². The average molecular weight is 285 g/mol. The van der Waals surface area contributed by atoms with Crippen LogP contribution in [0.1, 0.15) is 35.6 Å². The Morgan fingerprint density at radius 1 is 0.864 bits per heavy atom. The summed E-state index contributed by atoms with van der Waals surface area (Å²) in [6.07, 6.45) is 8.13. The van der Waals surface area contributed by atoms with E-state index in [0.717, 1.165) is 18.4 Å². The molecule has 2 aromatic carbocycles. The van der Waals surface area contributed by atoms with Gasteiger partial charge in [0.05, 0.1) is 5.52 Å². The lowest BCUT2D eigenvalue weighted by atomic mass is 9.90. The van der Waals surface area contributed by atoms with Crippen molar-refractivity contribution in [2.75, 3.05) is 0 Å². The molecular formula is C21H19N. The molecule has 1 heteroatoms. The lowest BCUT2D eigenvalue weighted by Gasteiger charge is -2.17. The van der Waals surface area contributed by atoms with Gasteiger partial charge in [0.2, 0.25) is 0 Å². The van der Waals surface area contributed by atoms with Crippen molar-refractivity contribution in [1.29, 1.82) is 0 Å². The zero-order chi connectivity index (χ0) is 14.8. The van der Waals surface area contributed by atoms with Gasteiger partial charge >= 0.3 is 0 Å². The predicted molar refractivity (Wildman–Crippen MR) is 92.9 cm³/mol. The second-order valence-corrected chi connectivity index (χ2v) is 5.99. The number of fused-ring (bicyclic) bond motifs is 2. The summed E-state index contributed by atoms with van der Waals surface area (Å²) in [4.78, 5) is 4.88. The first-order valence-corrected chi connectivity index (χ1v) is 8.02. The largest absolute Gasteiger partial charge is 0.252 e. The fourth-order valence-electron chi connectivity index (χ4n) is 3.29. The molecule has 1 nitrogen and oxygen atoms in total. The Morgan fingerprint density at radius 2 is 1.73 bits per heavy atom. The van der Waals surface area contributed by atoms with Gasteiger partial charge in [-0.25, -0.2) is 0 Å². The van der Waals surface area contributed by atoms with Crippen LogP contribution in [0, 0.1) is 0 Å². The maximum Gasteiger partial charge on any atom is 0.0705 e. The van der Waals surface area contributed by atoms with Gasteiger partial charge < -0.3 is 0 Å². The molecule has 1 unspecified atom stereocenters. The van der Waals surface area contributed by atoms with Crippen LogP contribution in [0.15, 0.2) is 66.7 Å². The van der Waals surface area contributed by atoms with Crippen molar-refractivity contribution in [3.63, 3.8) is 0 Å². The van der Waals surface area contributed by atoms with E-state index in [9.17, 15) is 0 Å². The summed E-state index contributed by atoms with van der Waals surface area (Å²) in [6.45, 7) is 0. The molecule has 108 valence electrons. The van der Waals surface area contributed by atoms with Gasteiger partial charge in [-0.05, 0) is 42.5 Å². The maximum absolute atomic E-state index is 4.88. The van der Waals surface area contributed by atoms with Crippen LogP contribution < -0.4 is 0 Å². The van der Waals surface area contributed by atoms with Crippen molar-refractivity contribution in [3.8, 4) is 0 Å². The molecule has 3 aromatic rings. The number of para-hydroxylation sites is 1. The van der Waals surface area contributed by atoms with Crippen molar-refractivity contribution in [1.82, 2.24) is 4.98 Å². The van der Waals surface area contributed by atoms with E-state index >= 15 is 0 Å². The normalized spacial score (nSPS) is 19.2. The van der Waals surface area contributed by atoms with Crippen molar-refractivity contribution in [2.45, 2.75) is 25.2 Å². The number of rotatable bonds is 1. The van der Waals surface area contributed by atoms with Gasteiger partial charge in [-0.15, -0.1) is 0 Å². The molecule has 1 aliphatic rings. The van der Waals surface area contributed by atoms with E-state index in [1.807, 2.05) is 0 Å². The van der Waals surface area contributed by atoms with Crippen LogP contribution in [0.4, 0.5) is 0 Å². The van der Waals surface area contributed by atoms with Gasteiger partial charge in [0.25, 0.3) is 0 Å². The first kappa shape index (κ1) is 13.3. The van der Waals surface area contributed by atoms with Crippen LogP contribution in [0.5, 0.6) is 0 Å². The summed E-state index contributed by atoms with van der Waals surface area (Å²) in [5.74, 6) is 0.415. The molecule has 1 atom stereocenters. The molecule has 4 rings (SSSR count). The van der Waals surface area contributed by atoms with Gasteiger partial charge in [0, 0.05) is 17.0 Å². The standard InChI is InChI=1S/C21H19N/c1-2-7-17-12-13-19(10-5-9-16(17)6-1)21-15-14-18-8-3-4-11-20(18)22-21/h1-4,6-8,11-15,19H,5,9-10H2/b13-12-. The number of allylic oxidation sites excluding steroid dienone is 1. The number of aryl methyl sites for hydroxylation is 1. The third kappa shape index (κ3) is 2.55. The highest BCUT2D eigenvalue weighted by Gasteiger charge is 2.13. The monoisotopic (exact) mass is 285 g/mol. The minimum Gasteiger partial charge on any atom is -0.252 e. The number of benzene rings is 2. The molecule has 1 heterocycles. The molecule has 0 saturated heterocycles. The topological polar surface area (TPSA) is 12.9 Å². The fraction of sp³-hybridized carbons (Fsp3) is 0.190. The Kier molecular flexibility index (Phi) is 3.48. The van der Waals surface area contributed by atoms with E-state index in [2.05, 4.69) is 72.8 Å². The number of nitrogens with zero attached hydrogens (tertiary/aromatic N) is 1. The van der Waals surface area contributed by atoms with Gasteiger partial charge in [-0.1, -0.05) is 60.7 Å². The summed E-state index contributed by atoms with van der Waals surface area (Å²) in [5.41, 5.74) is 5.10. The molecule has 0 fully saturated rings. The highest BCUT2D eigenvalue weighted by molar-refractivity contribution is 5.78. The Bertz CT molecular complexity index is 832. The number of hydrogen-bond donors (Lipinski definition) is 0. The maximum atomic E-state index is 4.88. The van der Waals surface area contributed by atoms with Gasteiger partial charge in [0.1, 0.15) is 0 Å². The number of hydrogen-bond acceptors (Lipinski definition) is 1. The lowest BCUT2D eigenvalue weighted by Crippen LogP contribution is -2.03. The van der Waals surface area contributed by atoms with E-state index in [1.54, 1.807) is 0 Å². The third-order valence-electron chi connectivity index (χ3n) is 4.52. The van der Waals surface area contributed by atoms with Gasteiger partial charge in [-0.2, -0.15) is 0 Å². The molecule has 0 saturated carbocycles. The molecule has 1 aromatic heterocycles. The molecule has 0 amide bonds. The summed E-state index contributed by atoms with van der Waals surface area (Å²) in [6, 6.07) is 21.4. The molecule has 0 radical (unpaired) electrons. The first-order chi connectivity index (χ1) is 10.9. The first-order valence-electron chi connectivity index (χ1n) is 8.02. The Balaban J connectivity index is 1.70. The van der Waals surface area contributed by atoms with E-state index in [-0.39, 0.29) is 0 Å². The number of aromatic nitrogens is 1. The summed E-state index contributed by atoms with van der Waals surface area (Å²) >= 11 is 0. The van der Waals surface area contributed by atoms with Crippen LogP contribution in [0.25, 0.3) is 17.0 Å². The molecular weight excluding hydrogens is 266 g/mol. The van der Waals surface area contributed by atoms with Crippen LogP contribution in [0.2, 0.25) is 0 Å². The van der Waals surface area contributed by atoms with Crippen LogP contribution in [-0.4, -0.2) is 4.98 Å². The minimum atomic E-state index is 0.415. The van der Waals surface area contributed by atoms with Crippen LogP contribution >= 0.6 is 0 Å². The molecule has 0 bridgehead atoms. The fourth-order valence-corrected chi connectivity index (χ4v) is 3.29. The smallest absolute Gasteiger partial charge is 0.0705 e. The second-order valence-electron chi connectivity index (χ2n) is 5.99. The molecule has 1 aliphatic carbocycles. The predicted octanol–water partition coefficient (Wildman–Crippen LogP) is 5.37. The van der Waals surface area contributed by atoms with E-state index in [0.29, 0.717) is 5.92 Å². The van der Waals surface area contributed by atoms with Gasteiger partial charge in [-0.3, -0.25) is 4.98 Å². The zero-order valence-corrected chi connectivity index (χ0v) is 12.6. The second kappa shape index (κ2) is 5.76. The Morgan fingerprint density at radius 3 is 2.73 bits per heavy atom. The minimum absolute atomic E-state index is 0.415. The number of pyridine rings is 1. The summed E-state index contributed by atoms with van der Waals surface area (Å²) < 4.78 is 0. The molecule has 0 aliphatic heterocycles. The van der Waals surface area contributed by atoms with Crippen molar-refractivity contribution >= 4 is 17.0 Å². The lowest BCUT2D eigenvalue weighted by molar-refractivity contribution is 0.661. The quantitative estimate of drug-likeness (QED) is 0.586. The Hall–Kier alpha value is -2.41. The van der Waals surface area contributed by atoms with Crippen LogP contribution in [-0.2, 0) is 6.42 Å². The molecule has 0 N–H and O–H groups in total. The van der Waals surface area contributed by atoms with Crippen molar-refractivity contribution in [2.24, 2.45) is 0 Å². The van der Waals surface area contributed by atoms with Crippen molar-refractivity contribution < 1.29 is 0 Å². The van der Waals surface area contributed by atoms with E-state index in [4.69, 9.17) is 4.98 Å².